The highest BCUT2D eigenvalue weighted by atomic mass is 15.3. The average Bonchev–Trinajstić information content (AvgIpc) is 3.08. The second kappa shape index (κ2) is 5.21. The minimum Gasteiger partial charge on any atom is -0.383 e. The minimum absolute atomic E-state index is 0.671. The molecule has 2 aromatic heterocycles. The molecule has 0 amide bonds. The standard InChI is InChI=1S/C15H17N5/c1-2-20-10-13(8-18-20)14-15(16)19(11-17-14)9-12-6-4-3-5-7-12/h3-8,10-11H,2,9,16H2,1H3. The van der Waals surface area contributed by atoms with E-state index in [9.17, 15) is 0 Å². The number of rotatable bonds is 4. The third kappa shape index (κ3) is 2.30. The van der Waals surface area contributed by atoms with Gasteiger partial charge in [0.2, 0.25) is 0 Å². The Bertz CT molecular complexity index is 696. The van der Waals surface area contributed by atoms with E-state index in [1.165, 1.54) is 5.56 Å². The van der Waals surface area contributed by atoms with Crippen LogP contribution in [0.2, 0.25) is 0 Å². The lowest BCUT2D eigenvalue weighted by atomic mass is 10.2. The molecule has 0 unspecified atom stereocenters. The largest absolute Gasteiger partial charge is 0.383 e. The maximum absolute atomic E-state index is 6.20. The Labute approximate surface area is 117 Å². The summed E-state index contributed by atoms with van der Waals surface area (Å²) in [5.74, 6) is 0.671. The lowest BCUT2D eigenvalue weighted by Gasteiger charge is -2.05. The Kier molecular flexibility index (Phi) is 3.25. The molecular formula is C15H17N5. The molecule has 5 nitrogen and oxygen atoms in total. The Morgan fingerprint density at radius 3 is 2.70 bits per heavy atom. The van der Waals surface area contributed by atoms with Crippen LogP contribution in [-0.4, -0.2) is 19.3 Å². The molecule has 0 radical (unpaired) electrons. The smallest absolute Gasteiger partial charge is 0.131 e. The van der Waals surface area contributed by atoms with Crippen molar-refractivity contribution in [1.82, 2.24) is 19.3 Å². The SMILES string of the molecule is CCn1cc(-c2ncn(Cc3ccccc3)c2N)cn1. The van der Waals surface area contributed by atoms with Gasteiger partial charge in [-0.15, -0.1) is 0 Å². The first-order chi connectivity index (χ1) is 9.78. The summed E-state index contributed by atoms with van der Waals surface area (Å²) >= 11 is 0. The first-order valence-electron chi connectivity index (χ1n) is 6.65. The van der Waals surface area contributed by atoms with Crippen molar-refractivity contribution >= 4 is 5.82 Å². The number of benzene rings is 1. The summed E-state index contributed by atoms with van der Waals surface area (Å²) in [5.41, 5.74) is 9.15. The highest BCUT2D eigenvalue weighted by Crippen LogP contribution is 2.24. The van der Waals surface area contributed by atoms with Gasteiger partial charge in [-0.05, 0) is 12.5 Å². The van der Waals surface area contributed by atoms with E-state index in [2.05, 4.69) is 22.2 Å². The third-order valence-corrected chi connectivity index (χ3v) is 3.30. The number of nitrogens with two attached hydrogens (primary N) is 1. The molecule has 3 aromatic rings. The second-order valence-electron chi connectivity index (χ2n) is 4.68. The average molecular weight is 267 g/mol. The highest BCUT2D eigenvalue weighted by Gasteiger charge is 2.11. The zero-order valence-corrected chi connectivity index (χ0v) is 11.4. The number of nitrogens with zero attached hydrogens (tertiary/aromatic N) is 4. The predicted octanol–water partition coefficient (Wildman–Crippen LogP) is 2.40. The number of anilines is 1. The van der Waals surface area contributed by atoms with Gasteiger partial charge in [-0.2, -0.15) is 5.10 Å². The zero-order valence-electron chi connectivity index (χ0n) is 11.4. The summed E-state index contributed by atoms with van der Waals surface area (Å²) in [7, 11) is 0. The third-order valence-electron chi connectivity index (χ3n) is 3.30. The van der Waals surface area contributed by atoms with Crippen molar-refractivity contribution in [1.29, 1.82) is 0 Å². The Morgan fingerprint density at radius 1 is 1.20 bits per heavy atom. The van der Waals surface area contributed by atoms with Gasteiger partial charge in [0.25, 0.3) is 0 Å². The van der Waals surface area contributed by atoms with Gasteiger partial charge in [-0.3, -0.25) is 4.68 Å². The Hall–Kier alpha value is -2.56. The van der Waals surface area contributed by atoms with Gasteiger partial charge in [0.05, 0.1) is 19.1 Å². The number of nitrogen functional groups attached to an aromatic ring is 1. The summed E-state index contributed by atoms with van der Waals surface area (Å²) in [6, 6.07) is 10.2. The van der Waals surface area contributed by atoms with Crippen molar-refractivity contribution in [2.45, 2.75) is 20.0 Å². The van der Waals surface area contributed by atoms with Gasteiger partial charge in [0, 0.05) is 18.3 Å². The molecule has 102 valence electrons. The van der Waals surface area contributed by atoms with Crippen LogP contribution in [0.15, 0.2) is 49.1 Å². The van der Waals surface area contributed by atoms with Crippen LogP contribution >= 0.6 is 0 Å². The lowest BCUT2D eigenvalue weighted by Crippen LogP contribution is -2.03. The quantitative estimate of drug-likeness (QED) is 0.789. The van der Waals surface area contributed by atoms with Crippen LogP contribution in [0.25, 0.3) is 11.3 Å². The molecule has 0 saturated heterocycles. The van der Waals surface area contributed by atoms with Crippen LogP contribution in [0.5, 0.6) is 0 Å². The van der Waals surface area contributed by atoms with Crippen molar-refractivity contribution in [2.24, 2.45) is 0 Å². The molecule has 0 fully saturated rings. The van der Waals surface area contributed by atoms with Crippen molar-refractivity contribution in [2.75, 3.05) is 5.73 Å². The molecule has 0 aliphatic heterocycles. The van der Waals surface area contributed by atoms with E-state index in [0.717, 1.165) is 24.3 Å². The first kappa shape index (κ1) is 12.5. The summed E-state index contributed by atoms with van der Waals surface area (Å²) in [4.78, 5) is 4.41. The molecular weight excluding hydrogens is 250 g/mol. The number of hydrogen-bond acceptors (Lipinski definition) is 3. The maximum Gasteiger partial charge on any atom is 0.131 e. The first-order valence-corrected chi connectivity index (χ1v) is 6.65. The van der Waals surface area contributed by atoms with Crippen molar-refractivity contribution < 1.29 is 0 Å². The molecule has 0 aliphatic carbocycles. The number of aryl methyl sites for hydroxylation is 1. The van der Waals surface area contributed by atoms with Gasteiger partial charge in [-0.1, -0.05) is 30.3 Å². The van der Waals surface area contributed by atoms with Crippen molar-refractivity contribution in [3.8, 4) is 11.3 Å². The predicted molar refractivity (Wildman–Crippen MR) is 79.1 cm³/mol. The van der Waals surface area contributed by atoms with Crippen LogP contribution in [0, 0.1) is 0 Å². The zero-order chi connectivity index (χ0) is 13.9. The number of aromatic nitrogens is 4. The molecule has 5 heteroatoms. The van der Waals surface area contributed by atoms with Crippen LogP contribution in [0.4, 0.5) is 5.82 Å². The lowest BCUT2D eigenvalue weighted by molar-refractivity contribution is 0.660. The molecule has 0 atom stereocenters. The van der Waals surface area contributed by atoms with Crippen LogP contribution < -0.4 is 5.73 Å². The summed E-state index contributed by atoms with van der Waals surface area (Å²) in [6.45, 7) is 3.61. The van der Waals surface area contributed by atoms with Gasteiger partial charge in [0.15, 0.2) is 0 Å². The second-order valence-corrected chi connectivity index (χ2v) is 4.68. The topological polar surface area (TPSA) is 61.7 Å². The van der Waals surface area contributed by atoms with Gasteiger partial charge in [0.1, 0.15) is 11.5 Å². The van der Waals surface area contributed by atoms with Crippen molar-refractivity contribution in [3.05, 3.63) is 54.6 Å². The monoisotopic (exact) mass is 267 g/mol. The van der Waals surface area contributed by atoms with E-state index in [1.54, 1.807) is 12.5 Å². The van der Waals surface area contributed by atoms with E-state index in [4.69, 9.17) is 5.73 Å². The molecule has 0 aliphatic rings. The molecule has 2 heterocycles. The summed E-state index contributed by atoms with van der Waals surface area (Å²) < 4.78 is 3.82. The van der Waals surface area contributed by atoms with Gasteiger partial charge < -0.3 is 10.3 Å². The minimum atomic E-state index is 0.671. The summed E-state index contributed by atoms with van der Waals surface area (Å²) in [6.07, 6.45) is 5.54. The van der Waals surface area contributed by atoms with Gasteiger partial charge >= 0.3 is 0 Å². The summed E-state index contributed by atoms with van der Waals surface area (Å²) in [5, 5.41) is 4.26. The molecule has 3 rings (SSSR count). The van der Waals surface area contributed by atoms with Crippen LogP contribution in [0.1, 0.15) is 12.5 Å². The molecule has 0 saturated carbocycles. The Morgan fingerprint density at radius 2 is 2.00 bits per heavy atom. The normalized spacial score (nSPS) is 10.8. The fraction of sp³-hybridized carbons (Fsp3) is 0.200. The fourth-order valence-electron chi connectivity index (χ4n) is 2.18. The maximum atomic E-state index is 6.20. The van der Waals surface area contributed by atoms with Crippen LogP contribution in [-0.2, 0) is 13.1 Å². The van der Waals surface area contributed by atoms with Gasteiger partial charge in [-0.25, -0.2) is 4.98 Å². The number of imidazole rings is 1. The van der Waals surface area contributed by atoms with E-state index < -0.39 is 0 Å². The van der Waals surface area contributed by atoms with Crippen LogP contribution in [0.3, 0.4) is 0 Å². The molecule has 20 heavy (non-hydrogen) atoms. The molecule has 0 bridgehead atoms. The van der Waals surface area contributed by atoms with E-state index in [1.807, 2.05) is 40.6 Å². The molecule has 2 N–H and O–H groups in total. The van der Waals surface area contributed by atoms with E-state index in [0.29, 0.717) is 5.82 Å². The van der Waals surface area contributed by atoms with Crippen molar-refractivity contribution in [3.63, 3.8) is 0 Å². The highest BCUT2D eigenvalue weighted by molar-refractivity contribution is 5.69. The number of hydrogen-bond donors (Lipinski definition) is 1. The van der Waals surface area contributed by atoms with E-state index in [-0.39, 0.29) is 0 Å². The molecule has 0 spiro atoms. The Balaban J connectivity index is 1.88. The fourth-order valence-corrected chi connectivity index (χ4v) is 2.18. The molecule has 1 aromatic carbocycles. The van der Waals surface area contributed by atoms with E-state index >= 15 is 0 Å².